The van der Waals surface area contributed by atoms with Gasteiger partial charge in [-0.1, -0.05) is 157 Å². The lowest BCUT2D eigenvalue weighted by molar-refractivity contribution is 1.16. The van der Waals surface area contributed by atoms with Crippen molar-refractivity contribution < 1.29 is 13.7 Å². The fourth-order valence-corrected chi connectivity index (χ4v) is 5.92. The molecule has 0 atom stereocenters. The molecule has 3 aromatic heterocycles. The summed E-state index contributed by atoms with van der Waals surface area (Å²) in [6.45, 7) is 0. The molecule has 0 fully saturated rings. The molecule has 9 aromatic rings. The summed E-state index contributed by atoms with van der Waals surface area (Å²) in [5.41, 5.74) is 6.14. The van der Waals surface area contributed by atoms with Crippen LogP contribution in [0.4, 0.5) is 0 Å². The van der Waals surface area contributed by atoms with Crippen LogP contribution in [0.5, 0.6) is 0 Å². The molecule has 0 unspecified atom stereocenters. The summed E-state index contributed by atoms with van der Waals surface area (Å²) < 4.78 is 84.1. The number of para-hydroxylation sites is 1. The SMILES string of the molecule is [2H]c1c([2H])c([2H])c(-c2cc(-c3c([2H])c([2H])c([2H])c([2H])c3[2H])nc(-c3cccc(-c4ccc(-c5cc(-c6ccccc6)nc(-c6ccc7ccccc7n6)n5)cc4)c3)n2)c([2H])c1[2H]. The Morgan fingerprint density at radius 3 is 1.50 bits per heavy atom. The van der Waals surface area contributed by atoms with Gasteiger partial charge in [-0.05, 0) is 41.5 Å². The van der Waals surface area contributed by atoms with E-state index in [4.69, 9.17) is 28.7 Å². The van der Waals surface area contributed by atoms with E-state index in [0.717, 1.165) is 38.9 Å². The zero-order valence-corrected chi connectivity index (χ0v) is 27.4. The summed E-state index contributed by atoms with van der Waals surface area (Å²) in [5.74, 6) is 0.525. The summed E-state index contributed by atoms with van der Waals surface area (Å²) in [6, 6.07) is 34.5. The maximum absolute atomic E-state index is 8.67. The number of pyridine rings is 1. The largest absolute Gasteiger partial charge is 0.244 e. The molecule has 9 rings (SSSR count). The minimum Gasteiger partial charge on any atom is -0.244 e. The molecule has 5 heteroatoms. The average Bonchev–Trinajstić information content (AvgIpc) is 3.31. The second kappa shape index (κ2) is 13.7. The van der Waals surface area contributed by atoms with E-state index in [-0.39, 0.29) is 28.3 Å². The summed E-state index contributed by atoms with van der Waals surface area (Å²) in [6.07, 6.45) is 0. The fourth-order valence-electron chi connectivity index (χ4n) is 5.92. The zero-order chi connectivity index (χ0) is 43.4. The average molecular weight is 676 g/mol. The predicted molar refractivity (Wildman–Crippen MR) is 211 cm³/mol. The highest BCUT2D eigenvalue weighted by Crippen LogP contribution is 2.32. The van der Waals surface area contributed by atoms with Crippen molar-refractivity contribution in [3.8, 4) is 79.1 Å². The number of fused-ring (bicyclic) bond motifs is 1. The molecule has 0 saturated heterocycles. The third-order valence-electron chi connectivity index (χ3n) is 8.50. The van der Waals surface area contributed by atoms with E-state index in [1.54, 1.807) is 12.1 Å². The van der Waals surface area contributed by atoms with E-state index in [2.05, 4.69) is 9.97 Å². The maximum Gasteiger partial charge on any atom is 0.179 e. The smallest absolute Gasteiger partial charge is 0.179 e. The van der Waals surface area contributed by atoms with Gasteiger partial charge in [0, 0.05) is 33.2 Å². The van der Waals surface area contributed by atoms with Crippen LogP contribution in [0.1, 0.15) is 13.7 Å². The Labute approximate surface area is 316 Å². The van der Waals surface area contributed by atoms with Crippen molar-refractivity contribution in [2.45, 2.75) is 0 Å². The van der Waals surface area contributed by atoms with Gasteiger partial charge in [-0.2, -0.15) is 0 Å². The molecular formula is C47H31N5. The van der Waals surface area contributed by atoms with Crippen molar-refractivity contribution in [1.29, 1.82) is 0 Å². The molecule has 0 aliphatic carbocycles. The zero-order valence-electron chi connectivity index (χ0n) is 37.4. The van der Waals surface area contributed by atoms with Gasteiger partial charge in [0.15, 0.2) is 11.6 Å². The monoisotopic (exact) mass is 675 g/mol. The van der Waals surface area contributed by atoms with E-state index >= 15 is 0 Å². The van der Waals surface area contributed by atoms with Gasteiger partial charge in [0.2, 0.25) is 0 Å². The molecule has 5 nitrogen and oxygen atoms in total. The van der Waals surface area contributed by atoms with E-state index in [1.165, 1.54) is 6.07 Å². The quantitative estimate of drug-likeness (QED) is 0.168. The Morgan fingerprint density at radius 1 is 0.308 bits per heavy atom. The Morgan fingerprint density at radius 2 is 0.827 bits per heavy atom. The number of rotatable bonds is 7. The molecule has 0 spiro atoms. The highest BCUT2D eigenvalue weighted by molar-refractivity contribution is 5.82. The van der Waals surface area contributed by atoms with Crippen molar-refractivity contribution in [3.05, 3.63) is 188 Å². The van der Waals surface area contributed by atoms with E-state index < -0.39 is 60.4 Å². The van der Waals surface area contributed by atoms with Crippen molar-refractivity contribution >= 4 is 10.9 Å². The summed E-state index contributed by atoms with van der Waals surface area (Å²) in [4.78, 5) is 24.1. The first-order valence-corrected chi connectivity index (χ1v) is 16.4. The first-order chi connectivity index (χ1) is 29.9. The van der Waals surface area contributed by atoms with Crippen LogP contribution in [0.3, 0.4) is 0 Å². The normalized spacial score (nSPS) is 13.8. The number of nitrogens with zero attached hydrogens (tertiary/aromatic N) is 5. The Kier molecular flexibility index (Phi) is 5.74. The topological polar surface area (TPSA) is 64.5 Å². The second-order valence-corrected chi connectivity index (χ2v) is 11.8. The molecule has 0 N–H and O–H groups in total. The molecule has 244 valence electrons. The van der Waals surface area contributed by atoms with Crippen molar-refractivity contribution in [2.75, 3.05) is 0 Å². The molecule has 0 aliphatic rings. The van der Waals surface area contributed by atoms with Gasteiger partial charge in [0.25, 0.3) is 0 Å². The number of hydrogen-bond acceptors (Lipinski definition) is 5. The fraction of sp³-hybridized carbons (Fsp3) is 0. The highest BCUT2D eigenvalue weighted by atomic mass is 14.9. The standard InChI is InChI=1S/C47H31N5/c1-4-13-33(14-5-1)42-30-43(34-15-6-2-7-16-34)50-46(49-42)39-21-12-20-38(29-39)32-23-25-37(26-24-32)45-31-44(35-17-8-3-9-18-35)51-47(52-45)41-28-27-36-19-10-11-22-40(36)48-41/h1-31H/i1D,2D,4D,5D,6D,7D,13D,14D,15D,16D. The third kappa shape index (κ3) is 6.35. The summed E-state index contributed by atoms with van der Waals surface area (Å²) in [5, 5.41) is 1.01. The second-order valence-electron chi connectivity index (χ2n) is 11.8. The van der Waals surface area contributed by atoms with Crippen LogP contribution in [0.25, 0.3) is 90.0 Å². The van der Waals surface area contributed by atoms with Gasteiger partial charge < -0.3 is 0 Å². The minimum absolute atomic E-state index is 0.0406. The molecule has 6 aromatic carbocycles. The molecule has 0 aliphatic heterocycles. The molecule has 3 heterocycles. The molecule has 0 bridgehead atoms. The lowest BCUT2D eigenvalue weighted by Gasteiger charge is -2.11. The minimum atomic E-state index is -0.582. The predicted octanol–water partition coefficient (Wildman–Crippen LogP) is 11.5. The van der Waals surface area contributed by atoms with Crippen LogP contribution in [-0.4, -0.2) is 24.9 Å². The highest BCUT2D eigenvalue weighted by Gasteiger charge is 2.14. The van der Waals surface area contributed by atoms with Crippen LogP contribution < -0.4 is 0 Å². The maximum atomic E-state index is 8.67. The Balaban J connectivity index is 1.14. The van der Waals surface area contributed by atoms with Gasteiger partial charge >= 0.3 is 0 Å². The van der Waals surface area contributed by atoms with Gasteiger partial charge in [0.1, 0.15) is 5.69 Å². The Bertz CT molecular complexity index is 3110. The van der Waals surface area contributed by atoms with E-state index in [1.807, 2.05) is 109 Å². The lowest BCUT2D eigenvalue weighted by Crippen LogP contribution is -1.97. The van der Waals surface area contributed by atoms with Gasteiger partial charge in [0.05, 0.1) is 42.0 Å². The molecule has 0 saturated carbocycles. The van der Waals surface area contributed by atoms with Crippen LogP contribution in [0, 0.1) is 0 Å². The number of hydrogen-bond donors (Lipinski definition) is 0. The number of benzene rings is 6. The first kappa shape index (κ1) is 21.9. The molecule has 0 amide bonds. The molecular weight excluding hydrogens is 635 g/mol. The van der Waals surface area contributed by atoms with Crippen LogP contribution in [-0.2, 0) is 0 Å². The molecule has 52 heavy (non-hydrogen) atoms. The molecule has 0 radical (unpaired) electrons. The Hall–Kier alpha value is -7.11. The van der Waals surface area contributed by atoms with Gasteiger partial charge in [-0.25, -0.2) is 24.9 Å². The van der Waals surface area contributed by atoms with Crippen LogP contribution in [0.2, 0.25) is 0 Å². The van der Waals surface area contributed by atoms with E-state index in [0.29, 0.717) is 22.8 Å². The summed E-state index contributed by atoms with van der Waals surface area (Å²) >= 11 is 0. The first-order valence-electron chi connectivity index (χ1n) is 21.4. The van der Waals surface area contributed by atoms with E-state index in [9.17, 15) is 0 Å². The van der Waals surface area contributed by atoms with Crippen molar-refractivity contribution in [3.63, 3.8) is 0 Å². The number of aromatic nitrogens is 5. The third-order valence-corrected chi connectivity index (χ3v) is 8.50. The lowest BCUT2D eigenvalue weighted by atomic mass is 9.99. The van der Waals surface area contributed by atoms with Gasteiger partial charge in [-0.15, -0.1) is 0 Å². The van der Waals surface area contributed by atoms with Crippen molar-refractivity contribution in [1.82, 2.24) is 24.9 Å². The van der Waals surface area contributed by atoms with Crippen LogP contribution >= 0.6 is 0 Å². The van der Waals surface area contributed by atoms with Crippen molar-refractivity contribution in [2.24, 2.45) is 0 Å². The van der Waals surface area contributed by atoms with Crippen LogP contribution in [0.15, 0.2) is 188 Å². The summed E-state index contributed by atoms with van der Waals surface area (Å²) in [7, 11) is 0. The van der Waals surface area contributed by atoms with Gasteiger partial charge in [-0.3, -0.25) is 0 Å².